The summed E-state index contributed by atoms with van der Waals surface area (Å²) in [5.74, 6) is 0.795. The average Bonchev–Trinajstić information content (AvgIpc) is 2.03. The molecule has 0 radical (unpaired) electrons. The highest BCUT2D eigenvalue weighted by molar-refractivity contribution is 4.56. The summed E-state index contributed by atoms with van der Waals surface area (Å²) >= 11 is 0. The van der Waals surface area contributed by atoms with E-state index in [1.807, 2.05) is 0 Å². The summed E-state index contributed by atoms with van der Waals surface area (Å²) in [6, 6.07) is 0. The average molecular weight is 174 g/mol. The molecule has 0 aromatic rings. The SMILES string of the molecule is CC(C)C[NH+]1CCO[C@@H](C[NH3+])C1. The molecule has 3 nitrogen and oxygen atoms in total. The van der Waals surface area contributed by atoms with E-state index in [0.717, 1.165) is 25.6 Å². The van der Waals surface area contributed by atoms with Crippen LogP contribution in [0.5, 0.6) is 0 Å². The van der Waals surface area contributed by atoms with Crippen molar-refractivity contribution in [2.24, 2.45) is 5.92 Å². The highest BCUT2D eigenvalue weighted by Gasteiger charge is 2.23. The molecule has 1 saturated heterocycles. The van der Waals surface area contributed by atoms with Crippen molar-refractivity contribution in [1.82, 2.24) is 0 Å². The molecule has 0 aromatic heterocycles. The number of rotatable bonds is 3. The van der Waals surface area contributed by atoms with Crippen LogP contribution < -0.4 is 10.6 Å². The highest BCUT2D eigenvalue weighted by atomic mass is 16.5. The Hall–Kier alpha value is -0.120. The second-order valence-corrected chi connectivity index (χ2v) is 4.08. The number of morpholine rings is 1. The van der Waals surface area contributed by atoms with Crippen LogP contribution in [0.2, 0.25) is 0 Å². The van der Waals surface area contributed by atoms with Gasteiger partial charge in [-0.1, -0.05) is 13.8 Å². The summed E-state index contributed by atoms with van der Waals surface area (Å²) in [6.45, 7) is 10.0. The van der Waals surface area contributed by atoms with Gasteiger partial charge in [0.25, 0.3) is 0 Å². The van der Waals surface area contributed by atoms with E-state index in [-0.39, 0.29) is 0 Å². The molecule has 72 valence electrons. The fraction of sp³-hybridized carbons (Fsp3) is 1.00. The van der Waals surface area contributed by atoms with Gasteiger partial charge in [-0.25, -0.2) is 0 Å². The van der Waals surface area contributed by atoms with Gasteiger partial charge in [0, 0.05) is 5.92 Å². The van der Waals surface area contributed by atoms with Crippen LogP contribution >= 0.6 is 0 Å². The van der Waals surface area contributed by atoms with Crippen molar-refractivity contribution in [3.8, 4) is 0 Å². The summed E-state index contributed by atoms with van der Waals surface area (Å²) < 4.78 is 5.56. The summed E-state index contributed by atoms with van der Waals surface area (Å²) in [5.41, 5.74) is 3.88. The van der Waals surface area contributed by atoms with E-state index < -0.39 is 0 Å². The van der Waals surface area contributed by atoms with Crippen molar-refractivity contribution in [2.75, 3.05) is 32.8 Å². The van der Waals surface area contributed by atoms with Gasteiger partial charge < -0.3 is 15.4 Å². The Morgan fingerprint density at radius 3 is 2.92 bits per heavy atom. The molecule has 0 spiro atoms. The van der Waals surface area contributed by atoms with E-state index in [2.05, 4.69) is 19.6 Å². The predicted octanol–water partition coefficient (Wildman–Crippen LogP) is -1.83. The Kier molecular flexibility index (Phi) is 3.98. The number of hydrogen-bond donors (Lipinski definition) is 2. The molecule has 4 N–H and O–H groups in total. The number of nitrogens with one attached hydrogen (secondary N) is 1. The third kappa shape index (κ3) is 3.09. The number of hydrogen-bond acceptors (Lipinski definition) is 1. The van der Waals surface area contributed by atoms with E-state index >= 15 is 0 Å². The lowest BCUT2D eigenvalue weighted by Crippen LogP contribution is -3.15. The highest BCUT2D eigenvalue weighted by Crippen LogP contribution is 1.90. The molecule has 0 aromatic carbocycles. The zero-order valence-corrected chi connectivity index (χ0v) is 8.31. The van der Waals surface area contributed by atoms with Crippen LogP contribution in [0.4, 0.5) is 0 Å². The van der Waals surface area contributed by atoms with E-state index in [9.17, 15) is 0 Å². The first kappa shape index (κ1) is 9.96. The fourth-order valence-corrected chi connectivity index (χ4v) is 1.80. The molecule has 12 heavy (non-hydrogen) atoms. The minimum absolute atomic E-state index is 0.410. The van der Waals surface area contributed by atoms with Gasteiger partial charge in [0.05, 0.1) is 13.2 Å². The van der Waals surface area contributed by atoms with Crippen LogP contribution in [0.15, 0.2) is 0 Å². The predicted molar refractivity (Wildman–Crippen MR) is 47.9 cm³/mol. The molecular formula is C9H22N2O+2. The Bertz CT molecular complexity index is 128. The van der Waals surface area contributed by atoms with Crippen LogP contribution in [0.1, 0.15) is 13.8 Å². The zero-order chi connectivity index (χ0) is 8.97. The van der Waals surface area contributed by atoms with Crippen LogP contribution in [-0.4, -0.2) is 38.9 Å². The zero-order valence-electron chi connectivity index (χ0n) is 8.31. The summed E-state index contributed by atoms with van der Waals surface area (Å²) in [4.78, 5) is 1.69. The fourth-order valence-electron chi connectivity index (χ4n) is 1.80. The molecule has 0 aliphatic carbocycles. The Morgan fingerprint density at radius 2 is 2.33 bits per heavy atom. The van der Waals surface area contributed by atoms with Crippen molar-refractivity contribution in [3.05, 3.63) is 0 Å². The van der Waals surface area contributed by atoms with Gasteiger partial charge >= 0.3 is 0 Å². The van der Waals surface area contributed by atoms with Crippen molar-refractivity contribution < 1.29 is 15.4 Å². The van der Waals surface area contributed by atoms with Gasteiger partial charge in [-0.05, 0) is 0 Å². The van der Waals surface area contributed by atoms with Crippen molar-refractivity contribution in [2.45, 2.75) is 20.0 Å². The van der Waals surface area contributed by atoms with Gasteiger partial charge in [0.15, 0.2) is 6.10 Å². The Labute approximate surface area is 74.9 Å². The molecule has 1 heterocycles. The lowest BCUT2D eigenvalue weighted by atomic mass is 10.2. The lowest BCUT2D eigenvalue weighted by Gasteiger charge is -2.29. The van der Waals surface area contributed by atoms with Crippen molar-refractivity contribution in [1.29, 1.82) is 0 Å². The van der Waals surface area contributed by atoms with Crippen LogP contribution in [0, 0.1) is 5.92 Å². The minimum atomic E-state index is 0.410. The maximum Gasteiger partial charge on any atom is 0.155 e. The second-order valence-electron chi connectivity index (χ2n) is 4.08. The molecule has 1 fully saturated rings. The van der Waals surface area contributed by atoms with Gasteiger partial charge in [-0.2, -0.15) is 0 Å². The lowest BCUT2D eigenvalue weighted by molar-refractivity contribution is -0.915. The number of quaternary nitrogens is 2. The third-order valence-electron chi connectivity index (χ3n) is 2.34. The maximum atomic E-state index is 5.56. The van der Waals surface area contributed by atoms with Gasteiger partial charge in [0.2, 0.25) is 0 Å². The normalized spacial score (nSPS) is 31.0. The first-order valence-corrected chi connectivity index (χ1v) is 4.96. The second kappa shape index (κ2) is 4.80. The standard InChI is InChI=1S/C9H20N2O/c1-8(2)6-11-3-4-12-9(5-10)7-11/h8-9H,3-7,10H2,1-2H3/p+2/t9-/m0/s1. The van der Waals surface area contributed by atoms with Gasteiger partial charge in [0.1, 0.15) is 19.6 Å². The van der Waals surface area contributed by atoms with Gasteiger partial charge in [-0.15, -0.1) is 0 Å². The Morgan fingerprint density at radius 1 is 1.58 bits per heavy atom. The molecule has 2 atom stereocenters. The van der Waals surface area contributed by atoms with E-state index in [0.29, 0.717) is 6.10 Å². The number of ether oxygens (including phenoxy) is 1. The largest absolute Gasteiger partial charge is 0.361 e. The van der Waals surface area contributed by atoms with E-state index in [1.165, 1.54) is 13.1 Å². The van der Waals surface area contributed by atoms with Gasteiger partial charge in [-0.3, -0.25) is 0 Å². The van der Waals surface area contributed by atoms with Crippen molar-refractivity contribution in [3.63, 3.8) is 0 Å². The van der Waals surface area contributed by atoms with Crippen LogP contribution in [0.25, 0.3) is 0 Å². The van der Waals surface area contributed by atoms with Crippen molar-refractivity contribution >= 4 is 0 Å². The quantitative estimate of drug-likeness (QED) is 0.519. The maximum absolute atomic E-state index is 5.56. The third-order valence-corrected chi connectivity index (χ3v) is 2.34. The topological polar surface area (TPSA) is 41.3 Å². The molecule has 0 amide bonds. The van der Waals surface area contributed by atoms with E-state index in [4.69, 9.17) is 4.74 Å². The first-order chi connectivity index (χ1) is 5.72. The molecule has 1 aliphatic heterocycles. The first-order valence-electron chi connectivity index (χ1n) is 4.96. The molecule has 1 aliphatic rings. The molecule has 0 saturated carbocycles. The summed E-state index contributed by atoms with van der Waals surface area (Å²) in [5, 5.41) is 0. The van der Waals surface area contributed by atoms with Crippen LogP contribution in [-0.2, 0) is 4.74 Å². The molecule has 0 bridgehead atoms. The molecule has 1 unspecified atom stereocenters. The molecule has 3 heteroatoms. The molecule has 1 rings (SSSR count). The van der Waals surface area contributed by atoms with Crippen LogP contribution in [0.3, 0.4) is 0 Å². The summed E-state index contributed by atoms with van der Waals surface area (Å²) in [6.07, 6.45) is 0.410. The summed E-state index contributed by atoms with van der Waals surface area (Å²) in [7, 11) is 0. The Balaban J connectivity index is 2.25. The smallest absolute Gasteiger partial charge is 0.155 e. The van der Waals surface area contributed by atoms with E-state index in [1.54, 1.807) is 4.90 Å². The minimum Gasteiger partial charge on any atom is -0.361 e. The monoisotopic (exact) mass is 174 g/mol. The molecular weight excluding hydrogens is 152 g/mol.